The molecule has 144 valence electrons. The van der Waals surface area contributed by atoms with Crippen molar-refractivity contribution in [1.82, 2.24) is 14.2 Å². The van der Waals surface area contributed by atoms with Crippen molar-refractivity contribution in [2.24, 2.45) is 11.3 Å². The lowest BCUT2D eigenvalue weighted by Gasteiger charge is -2.60. The van der Waals surface area contributed by atoms with Gasteiger partial charge in [0, 0.05) is 57.0 Å². The smallest absolute Gasteiger partial charge is 0.381 e. The van der Waals surface area contributed by atoms with Gasteiger partial charge >= 0.3 is 6.18 Å². The maximum atomic E-state index is 13.2. The number of hydrogen-bond donors (Lipinski definition) is 0. The zero-order chi connectivity index (χ0) is 18.4. The zero-order valence-corrected chi connectivity index (χ0v) is 15.7. The highest BCUT2D eigenvalue weighted by molar-refractivity contribution is 7.97. The van der Waals surface area contributed by atoms with Crippen molar-refractivity contribution in [1.29, 1.82) is 0 Å². The van der Waals surface area contributed by atoms with E-state index in [0.29, 0.717) is 5.69 Å². The molecule has 1 aromatic heterocycles. The number of likely N-dealkylation sites (tertiary alicyclic amines) is 1. The summed E-state index contributed by atoms with van der Waals surface area (Å²) in [5.74, 6) is 0.736. The lowest BCUT2D eigenvalue weighted by atomic mass is 9.74. The van der Waals surface area contributed by atoms with Gasteiger partial charge in [-0.1, -0.05) is 0 Å². The fourth-order valence-corrected chi connectivity index (χ4v) is 5.58. The number of nitrogens with zero attached hydrogens (tertiary/aromatic N) is 3. The molecule has 3 aliphatic rings. The lowest BCUT2D eigenvalue weighted by molar-refractivity contribution is -0.143. The molecular weight excluding hydrogens is 363 g/mol. The van der Waals surface area contributed by atoms with Crippen LogP contribution in [0.5, 0.6) is 0 Å². The number of hydrogen-bond acceptors (Lipinski definition) is 5. The molecule has 26 heavy (non-hydrogen) atoms. The first kappa shape index (κ1) is 18.5. The van der Waals surface area contributed by atoms with E-state index in [0.717, 1.165) is 64.7 Å². The van der Waals surface area contributed by atoms with Crippen molar-refractivity contribution in [3.05, 3.63) is 23.5 Å². The first-order valence-corrected chi connectivity index (χ1v) is 9.88. The van der Waals surface area contributed by atoms with Gasteiger partial charge in [0.15, 0.2) is 5.69 Å². The van der Waals surface area contributed by atoms with Crippen LogP contribution in [0.1, 0.15) is 24.2 Å². The van der Waals surface area contributed by atoms with Crippen LogP contribution in [-0.2, 0) is 10.9 Å². The first-order valence-electron chi connectivity index (χ1n) is 9.11. The Balaban J connectivity index is 1.27. The number of halogens is 3. The molecule has 0 unspecified atom stereocenters. The fourth-order valence-electron chi connectivity index (χ4n) is 4.25. The monoisotopic (exact) mass is 387 g/mol. The number of rotatable bonds is 4. The van der Waals surface area contributed by atoms with E-state index in [1.165, 1.54) is 11.9 Å². The molecule has 4 heterocycles. The molecular formula is C18H24F3N3OS. The Kier molecular flexibility index (Phi) is 4.96. The summed E-state index contributed by atoms with van der Waals surface area (Å²) in [6.07, 6.45) is -2.12. The van der Waals surface area contributed by atoms with Crippen LogP contribution in [0.4, 0.5) is 13.2 Å². The molecule has 0 N–H and O–H groups in total. The molecule has 3 saturated heterocycles. The van der Waals surface area contributed by atoms with Gasteiger partial charge in [0.2, 0.25) is 0 Å². The van der Waals surface area contributed by atoms with Crippen LogP contribution in [-0.4, -0.2) is 60.1 Å². The Morgan fingerprint density at radius 2 is 1.88 bits per heavy atom. The summed E-state index contributed by atoms with van der Waals surface area (Å²) in [5, 5.41) is 0. The van der Waals surface area contributed by atoms with Crippen molar-refractivity contribution < 1.29 is 17.9 Å². The van der Waals surface area contributed by atoms with Crippen LogP contribution in [0.2, 0.25) is 0 Å². The third-order valence-corrected chi connectivity index (χ3v) is 6.53. The van der Waals surface area contributed by atoms with E-state index in [1.807, 2.05) is 4.31 Å². The van der Waals surface area contributed by atoms with Crippen LogP contribution >= 0.6 is 11.9 Å². The minimum atomic E-state index is -4.41. The number of aryl methyl sites for hydroxylation is 1. The maximum Gasteiger partial charge on any atom is 0.434 e. The topological polar surface area (TPSA) is 28.6 Å². The first-order chi connectivity index (χ1) is 12.3. The summed E-state index contributed by atoms with van der Waals surface area (Å²) in [5.41, 5.74) is -0.0861. The van der Waals surface area contributed by atoms with Gasteiger partial charge in [0.05, 0.1) is 4.90 Å². The van der Waals surface area contributed by atoms with Gasteiger partial charge in [-0.3, -0.25) is 0 Å². The normalized spacial score (nSPS) is 24.5. The molecule has 8 heteroatoms. The quantitative estimate of drug-likeness (QED) is 0.738. The summed E-state index contributed by atoms with van der Waals surface area (Å²) in [6, 6.07) is 3.19. The standard InChI is InChI=1S/C18H24F3N3OS/c1-13-2-3-15(16(22-13)18(19,20)21)26-24-11-17(12-24)9-23(10-17)8-14-4-6-25-7-5-14/h2-3,14H,4-12H2,1H3. The molecule has 1 aromatic rings. The Labute approximate surface area is 156 Å². The lowest BCUT2D eigenvalue weighted by Crippen LogP contribution is -2.70. The van der Waals surface area contributed by atoms with Crippen molar-refractivity contribution in [3.63, 3.8) is 0 Å². The minimum Gasteiger partial charge on any atom is -0.381 e. The highest BCUT2D eigenvalue weighted by atomic mass is 32.2. The number of alkyl halides is 3. The molecule has 0 saturated carbocycles. The molecule has 0 radical (unpaired) electrons. The van der Waals surface area contributed by atoms with E-state index in [2.05, 4.69) is 9.88 Å². The molecule has 0 aliphatic carbocycles. The average Bonchev–Trinajstić information content (AvgIpc) is 2.52. The van der Waals surface area contributed by atoms with Crippen molar-refractivity contribution in [2.45, 2.75) is 30.8 Å². The Morgan fingerprint density at radius 3 is 2.54 bits per heavy atom. The van der Waals surface area contributed by atoms with E-state index in [9.17, 15) is 13.2 Å². The molecule has 0 atom stereocenters. The summed E-state index contributed by atoms with van der Waals surface area (Å²) in [4.78, 5) is 6.41. The average molecular weight is 387 g/mol. The van der Waals surface area contributed by atoms with E-state index < -0.39 is 11.9 Å². The van der Waals surface area contributed by atoms with Crippen LogP contribution in [0.3, 0.4) is 0 Å². The maximum absolute atomic E-state index is 13.2. The second-order valence-electron chi connectivity index (χ2n) is 7.91. The Morgan fingerprint density at radius 1 is 1.19 bits per heavy atom. The van der Waals surface area contributed by atoms with Gasteiger partial charge in [-0.05, 0) is 49.8 Å². The molecule has 1 spiro atoms. The van der Waals surface area contributed by atoms with Crippen molar-refractivity contribution >= 4 is 11.9 Å². The van der Waals surface area contributed by atoms with Crippen LogP contribution < -0.4 is 0 Å². The Bertz CT molecular complexity index is 650. The van der Waals surface area contributed by atoms with Crippen molar-refractivity contribution in [3.8, 4) is 0 Å². The van der Waals surface area contributed by atoms with E-state index >= 15 is 0 Å². The van der Waals surface area contributed by atoms with Gasteiger partial charge < -0.3 is 9.64 Å². The largest absolute Gasteiger partial charge is 0.434 e. The predicted molar refractivity (Wildman–Crippen MR) is 93.8 cm³/mol. The van der Waals surface area contributed by atoms with E-state index in [1.54, 1.807) is 19.1 Å². The van der Waals surface area contributed by atoms with Gasteiger partial charge in [0.1, 0.15) is 0 Å². The molecule has 4 rings (SSSR count). The molecule has 0 amide bonds. The van der Waals surface area contributed by atoms with Crippen LogP contribution in [0.15, 0.2) is 17.0 Å². The van der Waals surface area contributed by atoms with Gasteiger partial charge in [-0.2, -0.15) is 13.2 Å². The number of ether oxygens (including phenoxy) is 1. The van der Waals surface area contributed by atoms with E-state index in [-0.39, 0.29) is 10.3 Å². The third kappa shape index (κ3) is 3.88. The molecule has 0 bridgehead atoms. The predicted octanol–water partition coefficient (Wildman–Crippen LogP) is 3.46. The summed E-state index contributed by atoms with van der Waals surface area (Å²) in [6.45, 7) is 8.32. The van der Waals surface area contributed by atoms with Gasteiger partial charge in [-0.25, -0.2) is 9.29 Å². The minimum absolute atomic E-state index is 0.205. The molecule has 3 aliphatic heterocycles. The van der Waals surface area contributed by atoms with Crippen LogP contribution in [0.25, 0.3) is 0 Å². The van der Waals surface area contributed by atoms with Crippen LogP contribution in [0, 0.1) is 18.3 Å². The fraction of sp³-hybridized carbons (Fsp3) is 0.722. The number of aromatic nitrogens is 1. The second-order valence-corrected chi connectivity index (χ2v) is 9.05. The zero-order valence-electron chi connectivity index (χ0n) is 14.9. The SMILES string of the molecule is Cc1ccc(SN2CC3(CN(CC4CCOCC4)C3)C2)c(C(F)(F)F)n1. The Hall–Kier alpha value is -0.830. The highest BCUT2D eigenvalue weighted by Crippen LogP contribution is 2.46. The summed E-state index contributed by atoms with van der Waals surface area (Å²) in [7, 11) is 0. The molecule has 3 fully saturated rings. The molecule has 4 nitrogen and oxygen atoms in total. The van der Waals surface area contributed by atoms with Crippen molar-refractivity contribution in [2.75, 3.05) is 45.9 Å². The summed E-state index contributed by atoms with van der Waals surface area (Å²) < 4.78 is 47.0. The van der Waals surface area contributed by atoms with Gasteiger partial charge in [0.25, 0.3) is 0 Å². The third-order valence-electron chi connectivity index (χ3n) is 5.49. The second kappa shape index (κ2) is 6.96. The highest BCUT2D eigenvalue weighted by Gasteiger charge is 2.52. The van der Waals surface area contributed by atoms with Gasteiger partial charge in [-0.15, -0.1) is 0 Å². The van der Waals surface area contributed by atoms with E-state index in [4.69, 9.17) is 4.74 Å². The number of pyridine rings is 1. The molecule has 0 aromatic carbocycles. The summed E-state index contributed by atoms with van der Waals surface area (Å²) >= 11 is 1.20.